The number of carbonyl (C=O) groups excluding carboxylic acids is 3. The fraction of sp³-hybridized carbons (Fsp3) is 0.227. The number of thioether (sulfide) groups is 1. The van der Waals surface area contributed by atoms with E-state index < -0.39 is 17.8 Å². The molecule has 1 N–H and O–H groups in total. The number of rotatable bonds is 9. The number of halogens is 2. The van der Waals surface area contributed by atoms with Crippen molar-refractivity contribution in [3.63, 3.8) is 0 Å². The fourth-order valence-corrected chi connectivity index (χ4v) is 3.75. The number of carbonyl (C=O) groups is 3. The van der Waals surface area contributed by atoms with E-state index in [-0.39, 0.29) is 36.1 Å². The van der Waals surface area contributed by atoms with Crippen LogP contribution in [-0.4, -0.2) is 48.8 Å². The van der Waals surface area contributed by atoms with Crippen molar-refractivity contribution < 1.29 is 32.6 Å². The molecular formula is C22H20F2N2O5S. The van der Waals surface area contributed by atoms with Gasteiger partial charge in [-0.25, -0.2) is 0 Å². The van der Waals surface area contributed by atoms with E-state index in [9.17, 15) is 23.2 Å². The van der Waals surface area contributed by atoms with Crippen LogP contribution in [0.5, 0.6) is 11.5 Å². The second-order valence-corrected chi connectivity index (χ2v) is 7.65. The van der Waals surface area contributed by atoms with Crippen LogP contribution in [0.3, 0.4) is 0 Å². The first-order valence-electron chi connectivity index (χ1n) is 9.55. The molecule has 32 heavy (non-hydrogen) atoms. The Morgan fingerprint density at radius 1 is 1.09 bits per heavy atom. The number of nitrogens with zero attached hydrogens (tertiary/aromatic N) is 1. The highest BCUT2D eigenvalue weighted by atomic mass is 32.2. The summed E-state index contributed by atoms with van der Waals surface area (Å²) in [5.41, 5.74) is 1.37. The Labute approximate surface area is 187 Å². The molecule has 0 spiro atoms. The first kappa shape index (κ1) is 23.3. The van der Waals surface area contributed by atoms with Gasteiger partial charge in [0, 0.05) is 13.1 Å². The molecular weight excluding hydrogens is 442 g/mol. The van der Waals surface area contributed by atoms with Gasteiger partial charge in [0.1, 0.15) is 11.5 Å². The van der Waals surface area contributed by atoms with Crippen LogP contribution in [0.2, 0.25) is 0 Å². The summed E-state index contributed by atoms with van der Waals surface area (Å²) in [5.74, 6) is -0.0178. The van der Waals surface area contributed by atoms with Crippen LogP contribution in [0.4, 0.5) is 13.6 Å². The molecule has 7 nitrogen and oxygen atoms in total. The van der Waals surface area contributed by atoms with E-state index in [1.54, 1.807) is 31.4 Å². The molecule has 0 saturated carbocycles. The van der Waals surface area contributed by atoms with Gasteiger partial charge in [0.2, 0.25) is 5.91 Å². The predicted molar refractivity (Wildman–Crippen MR) is 115 cm³/mol. The van der Waals surface area contributed by atoms with Crippen LogP contribution in [0.25, 0.3) is 6.08 Å². The number of ether oxygens (including phenoxy) is 2. The maximum atomic E-state index is 12.5. The summed E-state index contributed by atoms with van der Waals surface area (Å²) in [7, 11) is 1.56. The maximum Gasteiger partial charge on any atom is 0.387 e. The van der Waals surface area contributed by atoms with Gasteiger partial charge < -0.3 is 14.8 Å². The van der Waals surface area contributed by atoms with Gasteiger partial charge in [-0.15, -0.1) is 0 Å². The van der Waals surface area contributed by atoms with Gasteiger partial charge in [0.05, 0.1) is 18.4 Å². The normalized spacial score (nSPS) is 14.9. The molecule has 1 aliphatic heterocycles. The van der Waals surface area contributed by atoms with Crippen molar-refractivity contribution in [3.05, 3.63) is 64.6 Å². The molecule has 1 fully saturated rings. The van der Waals surface area contributed by atoms with Gasteiger partial charge in [0.15, 0.2) is 0 Å². The summed E-state index contributed by atoms with van der Waals surface area (Å²) in [6, 6.07) is 12.8. The van der Waals surface area contributed by atoms with Crippen LogP contribution >= 0.6 is 11.8 Å². The topological polar surface area (TPSA) is 84.9 Å². The number of amides is 3. The van der Waals surface area contributed by atoms with E-state index in [2.05, 4.69) is 10.1 Å². The molecule has 0 atom stereocenters. The van der Waals surface area contributed by atoms with Crippen molar-refractivity contribution in [2.24, 2.45) is 0 Å². The quantitative estimate of drug-likeness (QED) is 0.572. The lowest BCUT2D eigenvalue weighted by atomic mass is 10.1. The van der Waals surface area contributed by atoms with Crippen molar-refractivity contribution in [3.8, 4) is 11.5 Å². The highest BCUT2D eigenvalue weighted by Crippen LogP contribution is 2.32. The predicted octanol–water partition coefficient (Wildman–Crippen LogP) is 3.69. The molecule has 10 heteroatoms. The summed E-state index contributed by atoms with van der Waals surface area (Å²) in [5, 5.41) is 2.25. The summed E-state index contributed by atoms with van der Waals surface area (Å²) in [6.07, 6.45) is 1.66. The van der Waals surface area contributed by atoms with E-state index in [0.717, 1.165) is 22.2 Å². The van der Waals surface area contributed by atoms with Gasteiger partial charge in [-0.1, -0.05) is 24.3 Å². The molecule has 0 unspecified atom stereocenters. The molecule has 1 aliphatic rings. The highest BCUT2D eigenvalue weighted by molar-refractivity contribution is 8.18. The van der Waals surface area contributed by atoms with Crippen LogP contribution in [-0.2, 0) is 16.0 Å². The Morgan fingerprint density at radius 2 is 1.75 bits per heavy atom. The van der Waals surface area contributed by atoms with E-state index in [4.69, 9.17) is 4.74 Å². The van der Waals surface area contributed by atoms with Crippen molar-refractivity contribution in [2.75, 3.05) is 20.2 Å². The minimum Gasteiger partial charge on any atom is -0.497 e. The van der Waals surface area contributed by atoms with E-state index >= 15 is 0 Å². The standard InChI is InChI=1S/C22H20F2N2O5S/c1-30-16-6-2-15(3-7-16)13-19(27)25-10-11-26-20(28)18(32-22(26)29)12-14-4-8-17(9-5-14)31-21(23)24/h2-9,12,21H,10-11,13H2,1H3,(H,25,27). The fourth-order valence-electron chi connectivity index (χ4n) is 2.89. The first-order chi connectivity index (χ1) is 15.4. The van der Waals surface area contributed by atoms with Crippen LogP contribution in [0.15, 0.2) is 53.4 Å². The lowest BCUT2D eigenvalue weighted by molar-refractivity contribution is -0.124. The highest BCUT2D eigenvalue weighted by Gasteiger charge is 2.34. The van der Waals surface area contributed by atoms with E-state index in [1.165, 1.54) is 30.3 Å². The average Bonchev–Trinajstić information content (AvgIpc) is 3.02. The minimum absolute atomic E-state index is 0.00404. The van der Waals surface area contributed by atoms with Gasteiger partial charge in [-0.05, 0) is 53.2 Å². The number of methoxy groups -OCH3 is 1. The van der Waals surface area contributed by atoms with E-state index in [1.807, 2.05) is 0 Å². The molecule has 168 valence electrons. The molecule has 2 aromatic rings. The number of nitrogens with one attached hydrogen (secondary N) is 1. The molecule has 1 saturated heterocycles. The van der Waals surface area contributed by atoms with Gasteiger partial charge in [-0.3, -0.25) is 19.3 Å². The summed E-state index contributed by atoms with van der Waals surface area (Å²) in [4.78, 5) is 38.1. The summed E-state index contributed by atoms with van der Waals surface area (Å²) < 4.78 is 33.8. The van der Waals surface area contributed by atoms with Crippen LogP contribution < -0.4 is 14.8 Å². The average molecular weight is 462 g/mol. The van der Waals surface area contributed by atoms with Crippen molar-refractivity contribution in [1.29, 1.82) is 0 Å². The van der Waals surface area contributed by atoms with Crippen molar-refractivity contribution in [2.45, 2.75) is 13.0 Å². The Hall–Kier alpha value is -3.40. The Balaban J connectivity index is 1.51. The number of benzene rings is 2. The molecule has 2 aromatic carbocycles. The first-order valence-corrected chi connectivity index (χ1v) is 10.4. The SMILES string of the molecule is COc1ccc(CC(=O)NCCN2C(=O)SC(=Cc3ccc(OC(F)F)cc3)C2=O)cc1. The zero-order valence-corrected chi connectivity index (χ0v) is 17.9. The zero-order chi connectivity index (χ0) is 23.1. The van der Waals surface area contributed by atoms with Gasteiger partial charge in [0.25, 0.3) is 11.1 Å². The summed E-state index contributed by atoms with van der Waals surface area (Å²) in [6.45, 7) is -2.76. The second kappa shape index (κ2) is 10.8. The molecule has 0 aromatic heterocycles. The minimum atomic E-state index is -2.92. The van der Waals surface area contributed by atoms with Gasteiger partial charge in [-0.2, -0.15) is 8.78 Å². The largest absolute Gasteiger partial charge is 0.497 e. The van der Waals surface area contributed by atoms with Crippen molar-refractivity contribution in [1.82, 2.24) is 10.2 Å². The molecule has 0 bridgehead atoms. The van der Waals surface area contributed by atoms with Crippen molar-refractivity contribution >= 4 is 34.9 Å². The zero-order valence-electron chi connectivity index (χ0n) is 17.0. The Morgan fingerprint density at radius 3 is 2.38 bits per heavy atom. The third-order valence-corrected chi connectivity index (χ3v) is 5.37. The number of imide groups is 1. The number of hydrogen-bond acceptors (Lipinski definition) is 6. The smallest absolute Gasteiger partial charge is 0.387 e. The lowest BCUT2D eigenvalue weighted by Crippen LogP contribution is -2.37. The number of hydrogen-bond donors (Lipinski definition) is 1. The summed E-state index contributed by atoms with van der Waals surface area (Å²) >= 11 is 0.779. The monoisotopic (exact) mass is 462 g/mol. The van der Waals surface area contributed by atoms with Crippen LogP contribution in [0, 0.1) is 0 Å². The molecule has 1 heterocycles. The lowest BCUT2D eigenvalue weighted by Gasteiger charge is -2.13. The molecule has 0 radical (unpaired) electrons. The molecule has 3 amide bonds. The van der Waals surface area contributed by atoms with E-state index in [0.29, 0.717) is 11.3 Å². The molecule has 0 aliphatic carbocycles. The van der Waals surface area contributed by atoms with Crippen LogP contribution in [0.1, 0.15) is 11.1 Å². The Kier molecular flexibility index (Phi) is 7.82. The second-order valence-electron chi connectivity index (χ2n) is 6.66. The molecule has 3 rings (SSSR count). The van der Waals surface area contributed by atoms with Gasteiger partial charge >= 0.3 is 6.61 Å². The number of alkyl halides is 2. The third-order valence-electron chi connectivity index (χ3n) is 4.46. The Bertz CT molecular complexity index is 1010. The third kappa shape index (κ3) is 6.30. The maximum absolute atomic E-state index is 12.5.